The molecular weight excluding hydrogens is 226 g/mol. The number of thioether (sulfide) groups is 1. The topological polar surface area (TPSA) is 73.3 Å². The van der Waals surface area contributed by atoms with E-state index in [1.54, 1.807) is 18.3 Å². The molecule has 16 heavy (non-hydrogen) atoms. The summed E-state index contributed by atoms with van der Waals surface area (Å²) in [5, 5.41) is 19.0. The van der Waals surface area contributed by atoms with Gasteiger partial charge in [0.2, 0.25) is 0 Å². The molecule has 2 aromatic rings. The van der Waals surface area contributed by atoms with Crippen molar-refractivity contribution >= 4 is 28.6 Å². The van der Waals surface area contributed by atoms with Crippen LogP contribution < -0.4 is 0 Å². The Labute approximate surface area is 96.3 Å². The van der Waals surface area contributed by atoms with E-state index in [4.69, 9.17) is 5.11 Å². The third kappa shape index (κ3) is 2.14. The van der Waals surface area contributed by atoms with E-state index in [0.29, 0.717) is 5.75 Å². The summed E-state index contributed by atoms with van der Waals surface area (Å²) in [6, 6.07) is 5.27. The van der Waals surface area contributed by atoms with Crippen molar-refractivity contribution in [3.05, 3.63) is 30.0 Å². The summed E-state index contributed by atoms with van der Waals surface area (Å²) in [4.78, 5) is 13.4. The molecule has 0 amide bonds. The highest BCUT2D eigenvalue weighted by Crippen LogP contribution is 2.29. The highest BCUT2D eigenvalue weighted by Gasteiger charge is 2.08. The first kappa shape index (κ1) is 10.9. The molecule has 0 spiro atoms. The fourth-order valence-corrected chi connectivity index (χ4v) is 2.32. The highest BCUT2D eigenvalue weighted by molar-refractivity contribution is 7.99. The van der Waals surface area contributed by atoms with E-state index in [1.807, 2.05) is 6.07 Å². The number of carboxylic acid groups (broad SMARTS) is 1. The number of hydrogen-bond acceptors (Lipinski definition) is 3. The Morgan fingerprint density at radius 3 is 3.00 bits per heavy atom. The molecule has 0 aliphatic rings. The number of phenolic OH excluding ortho intramolecular Hbond substituents is 1. The molecule has 84 valence electrons. The minimum atomic E-state index is -0.825. The van der Waals surface area contributed by atoms with E-state index < -0.39 is 5.97 Å². The zero-order chi connectivity index (χ0) is 11.5. The Balaban J connectivity index is 2.21. The second-order valence-corrected chi connectivity index (χ2v) is 4.39. The second-order valence-electron chi connectivity index (χ2n) is 3.40. The average Bonchev–Trinajstić information content (AvgIpc) is 2.62. The van der Waals surface area contributed by atoms with E-state index in [9.17, 15) is 9.90 Å². The number of aromatic amines is 1. The number of H-pyrrole nitrogens is 1. The fourth-order valence-electron chi connectivity index (χ4n) is 1.60. The lowest BCUT2D eigenvalue weighted by molar-refractivity contribution is -0.133. The zero-order valence-electron chi connectivity index (χ0n) is 8.43. The van der Waals surface area contributed by atoms with Crippen molar-refractivity contribution in [3.63, 3.8) is 0 Å². The molecular formula is C11H11NO3S. The van der Waals surface area contributed by atoms with Crippen LogP contribution in [0.25, 0.3) is 10.9 Å². The SMILES string of the molecule is O=C(O)CSCc1c[nH]c2cccc(O)c12. The van der Waals surface area contributed by atoms with Crippen molar-refractivity contribution in [2.24, 2.45) is 0 Å². The number of carbonyl (C=O) groups is 1. The van der Waals surface area contributed by atoms with Crippen LogP contribution in [0.15, 0.2) is 24.4 Å². The van der Waals surface area contributed by atoms with Crippen molar-refractivity contribution in [2.45, 2.75) is 5.75 Å². The third-order valence-corrected chi connectivity index (χ3v) is 3.21. The standard InChI is InChI=1S/C11H11NO3S/c13-9-3-1-2-8-11(9)7(4-12-8)5-16-6-10(14)15/h1-4,12-13H,5-6H2,(H,14,15). The largest absolute Gasteiger partial charge is 0.507 e. The minimum Gasteiger partial charge on any atom is -0.507 e. The van der Waals surface area contributed by atoms with Gasteiger partial charge in [-0.15, -0.1) is 11.8 Å². The van der Waals surface area contributed by atoms with Gasteiger partial charge in [0.05, 0.1) is 5.75 Å². The lowest BCUT2D eigenvalue weighted by Crippen LogP contribution is -1.97. The molecule has 2 rings (SSSR count). The van der Waals surface area contributed by atoms with E-state index >= 15 is 0 Å². The Bertz CT molecular complexity index is 521. The maximum absolute atomic E-state index is 10.4. The molecule has 1 aromatic carbocycles. The van der Waals surface area contributed by atoms with E-state index in [-0.39, 0.29) is 11.5 Å². The first-order chi connectivity index (χ1) is 7.68. The van der Waals surface area contributed by atoms with Crippen molar-refractivity contribution in [2.75, 3.05) is 5.75 Å². The lowest BCUT2D eigenvalue weighted by atomic mass is 10.2. The molecule has 0 saturated carbocycles. The molecule has 0 aliphatic carbocycles. The molecule has 3 N–H and O–H groups in total. The van der Waals surface area contributed by atoms with Gasteiger partial charge >= 0.3 is 5.97 Å². The van der Waals surface area contributed by atoms with Gasteiger partial charge in [0.25, 0.3) is 0 Å². The van der Waals surface area contributed by atoms with Gasteiger partial charge in [0, 0.05) is 22.9 Å². The molecule has 0 radical (unpaired) electrons. The van der Waals surface area contributed by atoms with E-state index in [1.165, 1.54) is 11.8 Å². The maximum Gasteiger partial charge on any atom is 0.313 e. The van der Waals surface area contributed by atoms with Gasteiger partial charge in [-0.25, -0.2) is 0 Å². The Kier molecular flexibility index (Phi) is 3.05. The van der Waals surface area contributed by atoms with E-state index in [0.717, 1.165) is 16.5 Å². The molecule has 1 aromatic heterocycles. The van der Waals surface area contributed by atoms with Gasteiger partial charge in [-0.3, -0.25) is 4.79 Å². The van der Waals surface area contributed by atoms with Crippen molar-refractivity contribution in [1.29, 1.82) is 0 Å². The van der Waals surface area contributed by atoms with Crippen molar-refractivity contribution < 1.29 is 15.0 Å². The number of fused-ring (bicyclic) bond motifs is 1. The zero-order valence-corrected chi connectivity index (χ0v) is 9.25. The molecule has 0 atom stereocenters. The molecule has 0 unspecified atom stereocenters. The van der Waals surface area contributed by atoms with E-state index in [2.05, 4.69) is 4.98 Å². The van der Waals surface area contributed by atoms with Gasteiger partial charge in [0.1, 0.15) is 5.75 Å². The van der Waals surface area contributed by atoms with Gasteiger partial charge in [-0.05, 0) is 17.7 Å². The van der Waals surface area contributed by atoms with Crippen LogP contribution in [0.5, 0.6) is 5.75 Å². The number of rotatable bonds is 4. The maximum atomic E-state index is 10.4. The molecule has 0 aliphatic heterocycles. The highest BCUT2D eigenvalue weighted by atomic mass is 32.2. The number of carboxylic acids is 1. The number of benzene rings is 1. The van der Waals surface area contributed by atoms with Crippen molar-refractivity contribution in [1.82, 2.24) is 4.98 Å². The smallest absolute Gasteiger partial charge is 0.313 e. The summed E-state index contributed by atoms with van der Waals surface area (Å²) in [6.45, 7) is 0. The normalized spacial score (nSPS) is 10.8. The number of aromatic nitrogens is 1. The van der Waals surface area contributed by atoms with Crippen LogP contribution in [0, 0.1) is 0 Å². The number of hydrogen-bond donors (Lipinski definition) is 3. The fraction of sp³-hybridized carbons (Fsp3) is 0.182. The first-order valence-electron chi connectivity index (χ1n) is 4.76. The lowest BCUT2D eigenvalue weighted by Gasteiger charge is -1.99. The van der Waals surface area contributed by atoms with Gasteiger partial charge in [-0.2, -0.15) is 0 Å². The Morgan fingerprint density at radius 2 is 2.25 bits per heavy atom. The van der Waals surface area contributed by atoms with Crippen LogP contribution in [-0.4, -0.2) is 26.9 Å². The van der Waals surface area contributed by atoms with Gasteiger partial charge < -0.3 is 15.2 Å². The summed E-state index contributed by atoms with van der Waals surface area (Å²) in [5.41, 5.74) is 1.80. The quantitative estimate of drug-likeness (QED) is 0.762. The predicted molar refractivity (Wildman–Crippen MR) is 63.8 cm³/mol. The summed E-state index contributed by atoms with van der Waals surface area (Å²) >= 11 is 1.31. The summed E-state index contributed by atoms with van der Waals surface area (Å²) in [6.07, 6.45) is 1.80. The molecule has 5 heteroatoms. The second kappa shape index (κ2) is 4.49. The van der Waals surface area contributed by atoms with Gasteiger partial charge in [-0.1, -0.05) is 6.07 Å². The summed E-state index contributed by atoms with van der Waals surface area (Å²) < 4.78 is 0. The number of aliphatic carboxylic acids is 1. The molecule has 1 heterocycles. The van der Waals surface area contributed by atoms with Crippen LogP contribution in [0.2, 0.25) is 0 Å². The van der Waals surface area contributed by atoms with Crippen LogP contribution in [0.1, 0.15) is 5.56 Å². The minimum absolute atomic E-state index is 0.0697. The third-order valence-electron chi connectivity index (χ3n) is 2.25. The van der Waals surface area contributed by atoms with Crippen LogP contribution in [0.4, 0.5) is 0 Å². The Morgan fingerprint density at radius 1 is 1.44 bits per heavy atom. The Hall–Kier alpha value is -1.62. The number of aromatic hydroxyl groups is 1. The van der Waals surface area contributed by atoms with Crippen LogP contribution in [-0.2, 0) is 10.5 Å². The first-order valence-corrected chi connectivity index (χ1v) is 5.91. The van der Waals surface area contributed by atoms with Gasteiger partial charge in [0.15, 0.2) is 0 Å². The van der Waals surface area contributed by atoms with Crippen LogP contribution in [0.3, 0.4) is 0 Å². The summed E-state index contributed by atoms with van der Waals surface area (Å²) in [7, 11) is 0. The van der Waals surface area contributed by atoms with Crippen LogP contribution >= 0.6 is 11.8 Å². The molecule has 0 bridgehead atoms. The molecule has 0 saturated heterocycles. The molecule has 4 nitrogen and oxygen atoms in total. The molecule has 0 fully saturated rings. The number of phenols is 1. The summed E-state index contributed by atoms with van der Waals surface area (Å²) in [5.74, 6) is 0.0446. The monoisotopic (exact) mass is 237 g/mol. The number of nitrogens with one attached hydrogen (secondary N) is 1. The average molecular weight is 237 g/mol. The predicted octanol–water partition coefficient (Wildman–Crippen LogP) is 2.19. The van der Waals surface area contributed by atoms with Crippen molar-refractivity contribution in [3.8, 4) is 5.75 Å².